The van der Waals surface area contributed by atoms with Crippen LogP contribution in [0.5, 0.6) is 0 Å². The van der Waals surface area contributed by atoms with Crippen molar-refractivity contribution in [3.05, 3.63) is 108 Å². The van der Waals surface area contributed by atoms with Gasteiger partial charge >= 0.3 is 0 Å². The van der Waals surface area contributed by atoms with Gasteiger partial charge in [0, 0.05) is 42.8 Å². The van der Waals surface area contributed by atoms with Gasteiger partial charge in [-0.2, -0.15) is 0 Å². The van der Waals surface area contributed by atoms with Gasteiger partial charge in [0.15, 0.2) is 9.84 Å². The lowest BCUT2D eigenvalue weighted by Crippen LogP contribution is -2.59. The van der Waals surface area contributed by atoms with E-state index >= 15 is 0 Å². The Labute approximate surface area is 205 Å². The van der Waals surface area contributed by atoms with Crippen LogP contribution in [-0.4, -0.2) is 55.3 Å². The van der Waals surface area contributed by atoms with Crippen LogP contribution in [0.25, 0.3) is 10.9 Å². The third-order valence-corrected chi connectivity index (χ3v) is 8.25. The minimum atomic E-state index is -3.59. The smallest absolute Gasteiger partial charge is 0.253 e. The Kier molecular flexibility index (Phi) is 6.36. The number of benzene rings is 3. The maximum atomic E-state index is 13.1. The first kappa shape index (κ1) is 23.2. The van der Waals surface area contributed by atoms with Crippen molar-refractivity contribution in [3.8, 4) is 0 Å². The number of pyridine rings is 1. The van der Waals surface area contributed by atoms with Crippen LogP contribution in [0, 0.1) is 0 Å². The summed E-state index contributed by atoms with van der Waals surface area (Å²) in [6, 6.07) is 26.3. The Balaban J connectivity index is 1.21. The third kappa shape index (κ3) is 4.97. The molecule has 3 aromatic carbocycles. The highest BCUT2D eigenvalue weighted by molar-refractivity contribution is 7.90. The number of hydrogen-bond acceptors (Lipinski definition) is 5. The number of sulfone groups is 1. The van der Waals surface area contributed by atoms with Crippen LogP contribution in [-0.2, 0) is 22.1 Å². The molecule has 1 saturated heterocycles. The Morgan fingerprint density at radius 2 is 1.63 bits per heavy atom. The van der Waals surface area contributed by atoms with Gasteiger partial charge in [-0.25, -0.2) is 8.42 Å². The van der Waals surface area contributed by atoms with Crippen LogP contribution in [0.1, 0.15) is 21.5 Å². The summed E-state index contributed by atoms with van der Waals surface area (Å²) in [4.78, 5) is 21.5. The number of hydrogen-bond donors (Lipinski definition) is 0. The maximum absolute atomic E-state index is 13.1. The van der Waals surface area contributed by atoms with Crippen molar-refractivity contribution in [1.29, 1.82) is 0 Å². The maximum Gasteiger partial charge on any atom is 0.253 e. The predicted molar refractivity (Wildman–Crippen MR) is 137 cm³/mol. The molecule has 7 heteroatoms. The summed E-state index contributed by atoms with van der Waals surface area (Å²) >= 11 is 0. The summed E-state index contributed by atoms with van der Waals surface area (Å²) in [6.45, 7) is 2.22. The van der Waals surface area contributed by atoms with Gasteiger partial charge in [0.25, 0.3) is 5.91 Å². The summed E-state index contributed by atoms with van der Waals surface area (Å²) in [5.41, 5.74) is 2.94. The van der Waals surface area contributed by atoms with Crippen LogP contribution in [0.15, 0.2) is 96.0 Å². The van der Waals surface area contributed by atoms with Gasteiger partial charge in [0.2, 0.25) is 0 Å². The van der Waals surface area contributed by atoms with E-state index in [0.717, 1.165) is 11.9 Å². The third-order valence-electron chi connectivity index (χ3n) is 6.54. The number of nitrogens with zero attached hydrogens (tertiary/aromatic N) is 3. The Hall–Kier alpha value is -3.55. The van der Waals surface area contributed by atoms with E-state index in [9.17, 15) is 13.2 Å². The Morgan fingerprint density at radius 1 is 0.914 bits per heavy atom. The number of amides is 1. The van der Waals surface area contributed by atoms with Crippen molar-refractivity contribution < 1.29 is 13.2 Å². The second-order valence-electron chi connectivity index (χ2n) is 9.05. The molecule has 2 heterocycles. The summed E-state index contributed by atoms with van der Waals surface area (Å²) in [5.74, 6) is -0.172. The van der Waals surface area contributed by atoms with Gasteiger partial charge < -0.3 is 4.90 Å². The average Bonchev–Trinajstić information content (AvgIpc) is 2.83. The Bertz CT molecular complexity index is 1440. The Morgan fingerprint density at radius 3 is 2.37 bits per heavy atom. The van der Waals surface area contributed by atoms with Crippen molar-refractivity contribution in [2.45, 2.75) is 23.2 Å². The van der Waals surface area contributed by atoms with Crippen LogP contribution in [0.4, 0.5) is 0 Å². The van der Waals surface area contributed by atoms with Gasteiger partial charge in [-0.3, -0.25) is 14.7 Å². The van der Waals surface area contributed by atoms with E-state index in [1.807, 2.05) is 35.2 Å². The molecule has 1 aliphatic rings. The molecule has 1 amide bonds. The molecule has 0 atom stereocenters. The first-order valence-corrected chi connectivity index (χ1v) is 13.2. The highest BCUT2D eigenvalue weighted by Gasteiger charge is 2.33. The van der Waals surface area contributed by atoms with Gasteiger partial charge in [-0.05, 0) is 42.4 Å². The van der Waals surface area contributed by atoms with Crippen molar-refractivity contribution in [3.63, 3.8) is 0 Å². The topological polar surface area (TPSA) is 70.6 Å². The van der Waals surface area contributed by atoms with Gasteiger partial charge in [0.1, 0.15) is 0 Å². The monoisotopic (exact) mass is 485 g/mol. The normalized spacial score (nSPS) is 14.3. The molecule has 178 valence electrons. The molecule has 0 radical (unpaired) electrons. The number of carbonyl (C=O) groups is 1. The van der Waals surface area contributed by atoms with Crippen molar-refractivity contribution in [2.75, 3.05) is 20.1 Å². The van der Waals surface area contributed by atoms with Crippen LogP contribution in [0.2, 0.25) is 0 Å². The van der Waals surface area contributed by atoms with E-state index in [4.69, 9.17) is 0 Å². The van der Waals surface area contributed by atoms with Crippen molar-refractivity contribution in [1.82, 2.24) is 14.8 Å². The minimum Gasteiger partial charge on any atom is -0.335 e. The fourth-order valence-corrected chi connectivity index (χ4v) is 5.99. The summed E-state index contributed by atoms with van der Waals surface area (Å²) in [7, 11) is -1.51. The van der Waals surface area contributed by atoms with E-state index < -0.39 is 9.84 Å². The average molecular weight is 486 g/mol. The largest absolute Gasteiger partial charge is 0.335 e. The zero-order valence-electron chi connectivity index (χ0n) is 19.5. The van der Waals surface area contributed by atoms with E-state index in [1.165, 1.54) is 5.56 Å². The van der Waals surface area contributed by atoms with Crippen LogP contribution in [0.3, 0.4) is 0 Å². The molecule has 0 saturated carbocycles. The molecule has 1 aromatic heterocycles. The number of fused-ring (bicyclic) bond motifs is 1. The van der Waals surface area contributed by atoms with E-state index in [1.54, 1.807) is 48.7 Å². The van der Waals surface area contributed by atoms with E-state index in [-0.39, 0.29) is 16.6 Å². The van der Waals surface area contributed by atoms with E-state index in [0.29, 0.717) is 35.8 Å². The molecule has 0 unspecified atom stereocenters. The molecule has 0 aliphatic carbocycles. The lowest BCUT2D eigenvalue weighted by Gasteiger charge is -2.44. The molecular formula is C28H27N3O3S. The number of likely N-dealkylation sites (N-methyl/N-ethyl adjacent to an activating group) is 1. The fraction of sp³-hybridized carbons (Fsp3) is 0.214. The SMILES string of the molecule is CN(Cc1ccccc1)C1CN(C(=O)c2ccc(CS(=O)(=O)c3cccc4cccnc34)cc2)C1. The van der Waals surface area contributed by atoms with Crippen LogP contribution >= 0.6 is 0 Å². The number of likely N-dealkylation sites (tertiary alicyclic amines) is 1. The molecule has 0 N–H and O–H groups in total. The zero-order valence-corrected chi connectivity index (χ0v) is 20.4. The molecule has 0 spiro atoms. The first-order valence-electron chi connectivity index (χ1n) is 11.6. The van der Waals surface area contributed by atoms with Crippen LogP contribution < -0.4 is 0 Å². The van der Waals surface area contributed by atoms with Gasteiger partial charge in [-0.15, -0.1) is 0 Å². The second kappa shape index (κ2) is 9.60. The lowest BCUT2D eigenvalue weighted by atomic mass is 10.0. The highest BCUT2D eigenvalue weighted by Crippen LogP contribution is 2.25. The molecule has 4 aromatic rings. The summed E-state index contributed by atoms with van der Waals surface area (Å²) < 4.78 is 26.2. The number of aromatic nitrogens is 1. The molecule has 6 nitrogen and oxygen atoms in total. The first-order chi connectivity index (χ1) is 16.9. The quantitative estimate of drug-likeness (QED) is 0.393. The molecule has 1 aliphatic heterocycles. The molecule has 5 rings (SSSR count). The summed E-state index contributed by atoms with van der Waals surface area (Å²) in [6.07, 6.45) is 1.60. The van der Waals surface area contributed by atoms with E-state index in [2.05, 4.69) is 29.1 Å². The standard InChI is InChI=1S/C28H27N3O3S/c1-30(17-21-7-3-2-4-8-21)25-18-31(19-25)28(32)24-14-12-22(13-15-24)20-35(33,34)26-11-5-9-23-10-6-16-29-27(23)26/h2-16,25H,17-20H2,1H3. The zero-order chi connectivity index (χ0) is 24.4. The van der Waals surface area contributed by atoms with Gasteiger partial charge in [0.05, 0.1) is 16.2 Å². The minimum absolute atomic E-state index is 0.0259. The molecule has 35 heavy (non-hydrogen) atoms. The molecular weight excluding hydrogens is 458 g/mol. The van der Waals surface area contributed by atoms with Gasteiger partial charge in [-0.1, -0.05) is 60.7 Å². The van der Waals surface area contributed by atoms with Crippen molar-refractivity contribution in [2.24, 2.45) is 0 Å². The number of rotatable bonds is 7. The highest BCUT2D eigenvalue weighted by atomic mass is 32.2. The lowest BCUT2D eigenvalue weighted by molar-refractivity contribution is 0.0321. The van der Waals surface area contributed by atoms with Crippen molar-refractivity contribution >= 4 is 26.6 Å². The predicted octanol–water partition coefficient (Wildman–Crippen LogP) is 4.17. The fourth-order valence-electron chi connectivity index (χ4n) is 4.45. The number of para-hydroxylation sites is 1. The number of carbonyl (C=O) groups excluding carboxylic acids is 1. The summed E-state index contributed by atoms with van der Waals surface area (Å²) in [5, 5.41) is 0.789. The molecule has 1 fully saturated rings. The molecule has 0 bridgehead atoms. The second-order valence-corrected chi connectivity index (χ2v) is 11.0.